The van der Waals surface area contributed by atoms with Crippen LogP contribution in [0.3, 0.4) is 0 Å². The summed E-state index contributed by atoms with van der Waals surface area (Å²) in [5, 5.41) is 10.0. The maximum atomic E-state index is 10.0. The highest BCUT2D eigenvalue weighted by Gasteiger charge is 2.15. The highest BCUT2D eigenvalue weighted by atomic mass is 16.5. The zero-order valence-corrected chi connectivity index (χ0v) is 9.64. The van der Waals surface area contributed by atoms with Gasteiger partial charge in [0.15, 0.2) is 0 Å². The minimum atomic E-state index is -0.302. The molecule has 1 aromatic rings. The molecule has 0 spiro atoms. The molecule has 0 bridgehead atoms. The molecule has 0 radical (unpaired) electrons. The number of aliphatic hydroxyl groups is 1. The Hall–Kier alpha value is -0.860. The van der Waals surface area contributed by atoms with Gasteiger partial charge in [-0.15, -0.1) is 0 Å². The zero-order valence-electron chi connectivity index (χ0n) is 9.64. The van der Waals surface area contributed by atoms with Gasteiger partial charge in [0.1, 0.15) is 0 Å². The second kappa shape index (κ2) is 6.02. The van der Waals surface area contributed by atoms with E-state index in [0.717, 1.165) is 50.4 Å². The maximum absolute atomic E-state index is 10.0. The van der Waals surface area contributed by atoms with Crippen molar-refractivity contribution in [1.82, 2.24) is 0 Å². The monoisotopic (exact) mass is 220 g/mol. The lowest BCUT2D eigenvalue weighted by molar-refractivity contribution is 0.0568. The van der Waals surface area contributed by atoms with Crippen LogP contribution in [0, 0.1) is 5.92 Å². The number of hydrogen-bond donors (Lipinski definition) is 1. The van der Waals surface area contributed by atoms with Crippen LogP contribution < -0.4 is 0 Å². The smallest absolute Gasteiger partial charge is 0.0790 e. The van der Waals surface area contributed by atoms with Gasteiger partial charge in [-0.1, -0.05) is 30.3 Å². The van der Waals surface area contributed by atoms with Crippen molar-refractivity contribution in [3.8, 4) is 0 Å². The highest BCUT2D eigenvalue weighted by molar-refractivity contribution is 5.17. The molecule has 0 aromatic heterocycles. The van der Waals surface area contributed by atoms with Gasteiger partial charge in [0.25, 0.3) is 0 Å². The Morgan fingerprint density at radius 3 is 2.56 bits per heavy atom. The summed E-state index contributed by atoms with van der Waals surface area (Å²) in [5.41, 5.74) is 1.04. The molecule has 1 fully saturated rings. The predicted molar refractivity (Wildman–Crippen MR) is 64.2 cm³/mol. The molecule has 0 amide bonds. The molecule has 0 aliphatic carbocycles. The molecule has 88 valence electrons. The second-order valence-corrected chi connectivity index (χ2v) is 4.56. The summed E-state index contributed by atoms with van der Waals surface area (Å²) in [5.74, 6) is 0.743. The largest absolute Gasteiger partial charge is 0.388 e. The molecule has 1 heterocycles. The molecular formula is C14H20O2. The van der Waals surface area contributed by atoms with Crippen molar-refractivity contribution in [1.29, 1.82) is 0 Å². The lowest BCUT2D eigenvalue weighted by atomic mass is 9.92. The number of rotatable bonds is 4. The first-order valence-corrected chi connectivity index (χ1v) is 6.17. The summed E-state index contributed by atoms with van der Waals surface area (Å²) in [6.45, 7) is 1.79. The number of benzene rings is 1. The van der Waals surface area contributed by atoms with Crippen LogP contribution in [0.5, 0.6) is 0 Å². The zero-order chi connectivity index (χ0) is 11.2. The van der Waals surface area contributed by atoms with E-state index in [-0.39, 0.29) is 6.10 Å². The summed E-state index contributed by atoms with van der Waals surface area (Å²) in [4.78, 5) is 0. The molecule has 1 aliphatic rings. The average Bonchev–Trinajstić information content (AvgIpc) is 2.38. The summed E-state index contributed by atoms with van der Waals surface area (Å²) in [6, 6.07) is 9.93. The minimum absolute atomic E-state index is 0.302. The number of ether oxygens (including phenoxy) is 1. The van der Waals surface area contributed by atoms with Crippen molar-refractivity contribution in [3.63, 3.8) is 0 Å². The van der Waals surface area contributed by atoms with Gasteiger partial charge >= 0.3 is 0 Å². The summed E-state index contributed by atoms with van der Waals surface area (Å²) in [6.07, 6.45) is 3.99. The fourth-order valence-electron chi connectivity index (χ4n) is 2.27. The molecule has 2 nitrogen and oxygen atoms in total. The Morgan fingerprint density at radius 2 is 1.88 bits per heavy atom. The molecule has 16 heavy (non-hydrogen) atoms. The Kier molecular flexibility index (Phi) is 4.37. The molecular weight excluding hydrogens is 200 g/mol. The van der Waals surface area contributed by atoms with Gasteiger partial charge in [-0.05, 0) is 37.2 Å². The SMILES string of the molecule is OC(CCC1CCOCC1)c1ccccc1. The fraction of sp³-hybridized carbons (Fsp3) is 0.571. The van der Waals surface area contributed by atoms with Gasteiger partial charge in [0.05, 0.1) is 6.10 Å². The van der Waals surface area contributed by atoms with Crippen molar-refractivity contribution in [3.05, 3.63) is 35.9 Å². The van der Waals surface area contributed by atoms with Crippen LogP contribution in [0.2, 0.25) is 0 Å². The number of aliphatic hydroxyl groups excluding tert-OH is 1. The normalized spacial score (nSPS) is 19.6. The maximum Gasteiger partial charge on any atom is 0.0790 e. The first-order valence-electron chi connectivity index (χ1n) is 6.17. The first-order chi connectivity index (χ1) is 7.86. The van der Waals surface area contributed by atoms with E-state index in [1.54, 1.807) is 0 Å². The first kappa shape index (κ1) is 11.6. The van der Waals surface area contributed by atoms with Crippen molar-refractivity contribution in [2.45, 2.75) is 31.8 Å². The van der Waals surface area contributed by atoms with Crippen LogP contribution in [-0.4, -0.2) is 18.3 Å². The minimum Gasteiger partial charge on any atom is -0.388 e. The molecule has 2 rings (SSSR count). The van der Waals surface area contributed by atoms with Crippen LogP contribution in [0.15, 0.2) is 30.3 Å². The Balaban J connectivity index is 1.77. The Labute approximate surface area is 97.3 Å². The van der Waals surface area contributed by atoms with Crippen molar-refractivity contribution < 1.29 is 9.84 Å². The van der Waals surface area contributed by atoms with Crippen molar-refractivity contribution >= 4 is 0 Å². The third kappa shape index (κ3) is 3.32. The van der Waals surface area contributed by atoms with E-state index in [0.29, 0.717) is 0 Å². The van der Waals surface area contributed by atoms with E-state index in [9.17, 15) is 5.11 Å². The van der Waals surface area contributed by atoms with Crippen LogP contribution >= 0.6 is 0 Å². The van der Waals surface area contributed by atoms with Crippen LogP contribution in [-0.2, 0) is 4.74 Å². The molecule has 1 unspecified atom stereocenters. The molecule has 1 atom stereocenters. The van der Waals surface area contributed by atoms with Gasteiger partial charge in [0.2, 0.25) is 0 Å². The van der Waals surface area contributed by atoms with E-state index < -0.39 is 0 Å². The third-order valence-electron chi connectivity index (χ3n) is 3.37. The summed E-state index contributed by atoms with van der Waals surface area (Å²) in [7, 11) is 0. The predicted octanol–water partition coefficient (Wildman–Crippen LogP) is 2.93. The topological polar surface area (TPSA) is 29.5 Å². The van der Waals surface area contributed by atoms with Gasteiger partial charge < -0.3 is 9.84 Å². The van der Waals surface area contributed by atoms with Crippen LogP contribution in [0.4, 0.5) is 0 Å². The quantitative estimate of drug-likeness (QED) is 0.845. The molecule has 1 aliphatic heterocycles. The van der Waals surface area contributed by atoms with Crippen molar-refractivity contribution in [2.75, 3.05) is 13.2 Å². The molecule has 1 N–H and O–H groups in total. The van der Waals surface area contributed by atoms with Crippen molar-refractivity contribution in [2.24, 2.45) is 5.92 Å². The molecule has 1 saturated heterocycles. The van der Waals surface area contributed by atoms with E-state index in [1.807, 2.05) is 30.3 Å². The van der Waals surface area contributed by atoms with Gasteiger partial charge in [-0.2, -0.15) is 0 Å². The summed E-state index contributed by atoms with van der Waals surface area (Å²) < 4.78 is 5.33. The second-order valence-electron chi connectivity index (χ2n) is 4.56. The Morgan fingerprint density at radius 1 is 1.19 bits per heavy atom. The van der Waals surface area contributed by atoms with Gasteiger partial charge in [-0.3, -0.25) is 0 Å². The Bertz CT molecular complexity index is 291. The molecule has 2 heteroatoms. The molecule has 1 aromatic carbocycles. The van der Waals surface area contributed by atoms with E-state index >= 15 is 0 Å². The third-order valence-corrected chi connectivity index (χ3v) is 3.37. The van der Waals surface area contributed by atoms with E-state index in [2.05, 4.69) is 0 Å². The van der Waals surface area contributed by atoms with Gasteiger partial charge in [-0.25, -0.2) is 0 Å². The standard InChI is InChI=1S/C14H20O2/c15-14(13-4-2-1-3-5-13)7-6-12-8-10-16-11-9-12/h1-5,12,14-15H,6-11H2. The lowest BCUT2D eigenvalue weighted by Gasteiger charge is -2.23. The molecule has 0 saturated carbocycles. The highest BCUT2D eigenvalue weighted by Crippen LogP contribution is 2.25. The fourth-order valence-corrected chi connectivity index (χ4v) is 2.27. The summed E-state index contributed by atoms with van der Waals surface area (Å²) >= 11 is 0. The van der Waals surface area contributed by atoms with Crippen LogP contribution in [0.25, 0.3) is 0 Å². The van der Waals surface area contributed by atoms with E-state index in [4.69, 9.17) is 4.74 Å². The van der Waals surface area contributed by atoms with Crippen LogP contribution in [0.1, 0.15) is 37.4 Å². The average molecular weight is 220 g/mol. The lowest BCUT2D eigenvalue weighted by Crippen LogP contribution is -2.16. The van der Waals surface area contributed by atoms with Gasteiger partial charge in [0, 0.05) is 13.2 Å². The van der Waals surface area contributed by atoms with E-state index in [1.165, 1.54) is 0 Å². The number of hydrogen-bond acceptors (Lipinski definition) is 2.